The maximum Gasteiger partial charge on any atom is 0.256 e. The number of amides is 1. The van der Waals surface area contributed by atoms with Crippen molar-refractivity contribution in [2.45, 2.75) is 0 Å². The van der Waals surface area contributed by atoms with E-state index in [0.717, 1.165) is 11.1 Å². The van der Waals surface area contributed by atoms with Crippen molar-refractivity contribution in [1.29, 1.82) is 0 Å². The summed E-state index contributed by atoms with van der Waals surface area (Å²) in [6.07, 6.45) is 3.43. The Morgan fingerprint density at radius 2 is 2.25 bits per heavy atom. The van der Waals surface area contributed by atoms with Gasteiger partial charge in [0, 0.05) is 29.8 Å². The number of hydrogen-bond acceptors (Lipinski definition) is 5. The molecule has 1 N–H and O–H groups in total. The topological polar surface area (TPSA) is 72.7 Å². The lowest BCUT2D eigenvalue weighted by atomic mass is 10.1. The van der Waals surface area contributed by atoms with Gasteiger partial charge in [0.15, 0.2) is 5.82 Å². The van der Waals surface area contributed by atoms with Crippen molar-refractivity contribution in [3.8, 4) is 11.1 Å². The first kappa shape index (κ1) is 12.5. The second-order valence-electron chi connectivity index (χ2n) is 4.23. The molecule has 0 bridgehead atoms. The third kappa shape index (κ3) is 2.57. The lowest BCUT2D eigenvalue weighted by Crippen LogP contribution is -2.12. The maximum atomic E-state index is 12.1. The summed E-state index contributed by atoms with van der Waals surface area (Å²) in [6.45, 7) is 0. The molecule has 2 aromatic heterocycles. The van der Waals surface area contributed by atoms with Crippen molar-refractivity contribution in [2.75, 3.05) is 5.32 Å². The van der Waals surface area contributed by atoms with Gasteiger partial charge in [-0.25, -0.2) is 4.37 Å². The third-order valence-electron chi connectivity index (χ3n) is 2.73. The highest BCUT2D eigenvalue weighted by atomic mass is 32.1. The first-order chi connectivity index (χ1) is 9.72. The summed E-state index contributed by atoms with van der Waals surface area (Å²) in [7, 11) is 1.74. The molecule has 1 aromatic carbocycles. The van der Waals surface area contributed by atoms with Crippen molar-refractivity contribution in [2.24, 2.45) is 7.05 Å². The van der Waals surface area contributed by atoms with Gasteiger partial charge in [0.05, 0.1) is 6.20 Å². The van der Waals surface area contributed by atoms with Gasteiger partial charge < -0.3 is 5.32 Å². The summed E-state index contributed by atoms with van der Waals surface area (Å²) in [5.41, 5.74) is 2.54. The van der Waals surface area contributed by atoms with Crippen LogP contribution in [0.2, 0.25) is 0 Å². The molecule has 20 heavy (non-hydrogen) atoms. The minimum Gasteiger partial charge on any atom is -0.304 e. The fourth-order valence-corrected chi connectivity index (χ4v) is 2.33. The molecule has 3 aromatic rings. The third-order valence-corrected chi connectivity index (χ3v) is 3.32. The van der Waals surface area contributed by atoms with E-state index in [2.05, 4.69) is 20.0 Å². The number of nitrogens with zero attached hydrogens (tertiary/aromatic N) is 4. The van der Waals surface area contributed by atoms with Crippen LogP contribution in [-0.4, -0.2) is 25.3 Å². The Bertz CT molecular complexity index is 735. The Balaban J connectivity index is 1.83. The molecule has 0 aliphatic heterocycles. The minimum absolute atomic E-state index is 0.212. The zero-order valence-electron chi connectivity index (χ0n) is 10.6. The number of aryl methyl sites for hydroxylation is 1. The first-order valence-corrected chi connectivity index (χ1v) is 6.73. The number of benzene rings is 1. The Hall–Kier alpha value is -2.54. The Kier molecular flexibility index (Phi) is 3.26. The quantitative estimate of drug-likeness (QED) is 0.800. The number of rotatable bonds is 3. The fourth-order valence-electron chi connectivity index (χ4n) is 1.78. The zero-order valence-corrected chi connectivity index (χ0v) is 11.5. The van der Waals surface area contributed by atoms with Crippen molar-refractivity contribution < 1.29 is 4.79 Å². The molecule has 0 saturated carbocycles. The minimum atomic E-state index is -0.212. The number of nitrogens with one attached hydrogen (secondary N) is 1. The molecule has 0 spiro atoms. The summed E-state index contributed by atoms with van der Waals surface area (Å²) in [5.74, 6) is 0.218. The van der Waals surface area contributed by atoms with Gasteiger partial charge in [0.25, 0.3) is 5.91 Å². The summed E-state index contributed by atoms with van der Waals surface area (Å²) >= 11 is 1.38. The second-order valence-corrected chi connectivity index (χ2v) is 4.88. The molecule has 6 nitrogen and oxygen atoms in total. The van der Waals surface area contributed by atoms with E-state index in [1.807, 2.05) is 23.6 Å². The Morgan fingerprint density at radius 1 is 1.35 bits per heavy atom. The second kappa shape index (κ2) is 5.22. The molecule has 0 radical (unpaired) electrons. The maximum absolute atomic E-state index is 12.1. The van der Waals surface area contributed by atoms with Crippen LogP contribution in [0, 0.1) is 0 Å². The van der Waals surface area contributed by atoms with Gasteiger partial charge in [-0.3, -0.25) is 9.48 Å². The largest absolute Gasteiger partial charge is 0.304 e. The Morgan fingerprint density at radius 3 is 2.95 bits per heavy atom. The fraction of sp³-hybridized carbons (Fsp3) is 0.0769. The molecule has 0 saturated heterocycles. The molecule has 3 rings (SSSR count). The molecule has 100 valence electrons. The predicted octanol–water partition coefficient (Wildman–Crippen LogP) is 2.19. The van der Waals surface area contributed by atoms with Gasteiger partial charge in [0.2, 0.25) is 0 Å². The van der Waals surface area contributed by atoms with E-state index in [0.29, 0.717) is 11.4 Å². The van der Waals surface area contributed by atoms with Crippen LogP contribution in [0.15, 0.2) is 42.0 Å². The zero-order chi connectivity index (χ0) is 13.9. The number of anilines is 1. The lowest BCUT2D eigenvalue weighted by molar-refractivity contribution is 0.102. The highest BCUT2D eigenvalue weighted by Gasteiger charge is 2.09. The number of aromatic nitrogens is 4. The van der Waals surface area contributed by atoms with Crippen molar-refractivity contribution in [3.63, 3.8) is 0 Å². The average Bonchev–Trinajstić information content (AvgIpc) is 3.11. The van der Waals surface area contributed by atoms with E-state index in [1.165, 1.54) is 16.2 Å². The van der Waals surface area contributed by atoms with Crippen LogP contribution in [0.25, 0.3) is 11.1 Å². The van der Waals surface area contributed by atoms with E-state index >= 15 is 0 Å². The highest BCUT2D eigenvalue weighted by Crippen LogP contribution is 2.21. The summed E-state index contributed by atoms with van der Waals surface area (Å²) in [5, 5.41) is 12.2. The van der Waals surface area contributed by atoms with Gasteiger partial charge in [-0.05, 0) is 29.2 Å². The van der Waals surface area contributed by atoms with E-state index < -0.39 is 0 Å². The van der Waals surface area contributed by atoms with E-state index in [-0.39, 0.29) is 5.91 Å². The SMILES string of the molecule is Cn1cc(NC(=O)c2cccc(-c3cnsc3)c2)nn1. The van der Waals surface area contributed by atoms with Gasteiger partial charge in [0.1, 0.15) is 0 Å². The molecule has 1 amide bonds. The molecule has 0 fully saturated rings. The van der Waals surface area contributed by atoms with Gasteiger partial charge >= 0.3 is 0 Å². The highest BCUT2D eigenvalue weighted by molar-refractivity contribution is 7.03. The molecule has 0 aliphatic rings. The van der Waals surface area contributed by atoms with Crippen molar-refractivity contribution in [1.82, 2.24) is 19.4 Å². The monoisotopic (exact) mass is 285 g/mol. The van der Waals surface area contributed by atoms with Gasteiger partial charge in [-0.2, -0.15) is 0 Å². The molecular formula is C13H11N5OS. The van der Waals surface area contributed by atoms with Gasteiger partial charge in [-0.1, -0.05) is 17.3 Å². The number of hydrogen-bond donors (Lipinski definition) is 1. The van der Waals surface area contributed by atoms with Crippen LogP contribution in [-0.2, 0) is 7.05 Å². The summed E-state index contributed by atoms with van der Waals surface area (Å²) in [6, 6.07) is 7.38. The van der Waals surface area contributed by atoms with Crippen LogP contribution in [0.3, 0.4) is 0 Å². The normalized spacial score (nSPS) is 10.4. The van der Waals surface area contributed by atoms with Crippen LogP contribution in [0.1, 0.15) is 10.4 Å². The van der Waals surface area contributed by atoms with Crippen LogP contribution in [0.4, 0.5) is 5.82 Å². The van der Waals surface area contributed by atoms with Crippen molar-refractivity contribution >= 4 is 23.3 Å². The standard InChI is InChI=1S/C13H11N5OS/c1-18-7-12(16-17-18)15-13(19)10-4-2-3-9(5-10)11-6-14-20-8-11/h2-8H,1H3,(H,15,19). The smallest absolute Gasteiger partial charge is 0.256 e. The van der Waals surface area contributed by atoms with Crippen LogP contribution >= 0.6 is 11.5 Å². The van der Waals surface area contributed by atoms with E-state index in [4.69, 9.17) is 0 Å². The van der Waals surface area contributed by atoms with Crippen molar-refractivity contribution in [3.05, 3.63) is 47.6 Å². The first-order valence-electron chi connectivity index (χ1n) is 5.90. The molecule has 2 heterocycles. The summed E-state index contributed by atoms with van der Waals surface area (Å²) in [4.78, 5) is 12.1. The molecule has 7 heteroatoms. The van der Waals surface area contributed by atoms with E-state index in [1.54, 1.807) is 25.5 Å². The van der Waals surface area contributed by atoms with Crippen LogP contribution in [0.5, 0.6) is 0 Å². The molecule has 0 unspecified atom stereocenters. The summed E-state index contributed by atoms with van der Waals surface area (Å²) < 4.78 is 5.59. The predicted molar refractivity (Wildman–Crippen MR) is 76.5 cm³/mol. The van der Waals surface area contributed by atoms with Crippen LogP contribution < -0.4 is 5.32 Å². The molecule has 0 atom stereocenters. The molecule has 0 aliphatic carbocycles. The Labute approximate surface area is 119 Å². The number of carbonyl (C=O) groups is 1. The van der Waals surface area contributed by atoms with E-state index in [9.17, 15) is 4.79 Å². The van der Waals surface area contributed by atoms with Gasteiger partial charge in [-0.15, -0.1) is 5.10 Å². The molecular weight excluding hydrogens is 274 g/mol. The number of carbonyl (C=O) groups excluding carboxylic acids is 1. The average molecular weight is 285 g/mol. The lowest BCUT2D eigenvalue weighted by Gasteiger charge is -2.03.